The molecule has 1 N–H and O–H groups in total. The van der Waals surface area contributed by atoms with Crippen LogP contribution in [0.3, 0.4) is 0 Å². The maximum atomic E-state index is 12.8. The van der Waals surface area contributed by atoms with Gasteiger partial charge in [-0.25, -0.2) is 9.18 Å². The third-order valence-corrected chi connectivity index (χ3v) is 4.19. The topological polar surface area (TPSA) is 46.5 Å². The average Bonchev–Trinajstić information content (AvgIpc) is 2.82. The van der Waals surface area contributed by atoms with Gasteiger partial charge in [0, 0.05) is 4.88 Å². The molecule has 3 nitrogen and oxygen atoms in total. The Labute approximate surface area is 120 Å². The van der Waals surface area contributed by atoms with E-state index in [1.807, 2.05) is 13.8 Å². The van der Waals surface area contributed by atoms with Crippen molar-refractivity contribution in [1.82, 2.24) is 0 Å². The summed E-state index contributed by atoms with van der Waals surface area (Å²) in [5.41, 5.74) is 0.792. The number of hydrogen-bond donors (Lipinski definition) is 1. The van der Waals surface area contributed by atoms with Gasteiger partial charge in [0.2, 0.25) is 0 Å². The third kappa shape index (κ3) is 3.36. The minimum absolute atomic E-state index is 0.204. The second-order valence-corrected chi connectivity index (χ2v) is 5.80. The number of carboxylic acids is 1. The Hall–Kier alpha value is -1.88. The summed E-state index contributed by atoms with van der Waals surface area (Å²) in [7, 11) is 0. The highest BCUT2D eigenvalue weighted by molar-refractivity contribution is 7.14. The van der Waals surface area contributed by atoms with Gasteiger partial charge >= 0.3 is 5.97 Å². The predicted molar refractivity (Wildman–Crippen MR) is 76.1 cm³/mol. The summed E-state index contributed by atoms with van der Waals surface area (Å²) < 4.78 is 18.4. The molecule has 0 atom stereocenters. The highest BCUT2D eigenvalue weighted by Gasteiger charge is 2.18. The molecular weight excluding hydrogens is 279 g/mol. The van der Waals surface area contributed by atoms with Crippen LogP contribution >= 0.6 is 11.3 Å². The first kappa shape index (κ1) is 14.5. The van der Waals surface area contributed by atoms with Gasteiger partial charge in [0.1, 0.15) is 18.2 Å². The Kier molecular flexibility index (Phi) is 4.39. The zero-order valence-electron chi connectivity index (χ0n) is 11.2. The molecule has 2 rings (SSSR count). The van der Waals surface area contributed by atoms with Crippen LogP contribution in [0.4, 0.5) is 4.39 Å². The summed E-state index contributed by atoms with van der Waals surface area (Å²) in [4.78, 5) is 12.4. The van der Waals surface area contributed by atoms with Crippen molar-refractivity contribution >= 4 is 17.3 Å². The van der Waals surface area contributed by atoms with Gasteiger partial charge in [-0.15, -0.1) is 11.3 Å². The second-order valence-electron chi connectivity index (χ2n) is 4.72. The quantitative estimate of drug-likeness (QED) is 0.895. The molecule has 0 bridgehead atoms. The SMILES string of the molecule is CC(C)c1cc(OCc2ccc(F)cc2)c(C(=O)O)s1. The lowest BCUT2D eigenvalue weighted by molar-refractivity contribution is 0.0697. The van der Waals surface area contributed by atoms with Crippen molar-refractivity contribution in [3.8, 4) is 5.75 Å². The van der Waals surface area contributed by atoms with Crippen LogP contribution < -0.4 is 4.74 Å². The molecule has 20 heavy (non-hydrogen) atoms. The normalized spacial score (nSPS) is 10.8. The summed E-state index contributed by atoms with van der Waals surface area (Å²) in [6, 6.07) is 7.70. The number of aromatic carboxylic acids is 1. The van der Waals surface area contributed by atoms with E-state index in [-0.39, 0.29) is 23.2 Å². The standard InChI is InChI=1S/C15H15FO3S/c1-9(2)13-7-12(14(20-13)15(17)18)19-8-10-3-5-11(16)6-4-10/h3-7,9H,8H2,1-2H3,(H,17,18). The van der Waals surface area contributed by atoms with E-state index in [2.05, 4.69) is 0 Å². The second kappa shape index (κ2) is 6.05. The monoisotopic (exact) mass is 294 g/mol. The molecule has 0 unspecified atom stereocenters. The van der Waals surface area contributed by atoms with Crippen molar-refractivity contribution in [2.24, 2.45) is 0 Å². The summed E-state index contributed by atoms with van der Waals surface area (Å²) in [5.74, 6) is -0.676. The molecular formula is C15H15FO3S. The van der Waals surface area contributed by atoms with E-state index in [4.69, 9.17) is 4.74 Å². The van der Waals surface area contributed by atoms with Crippen molar-refractivity contribution < 1.29 is 19.0 Å². The highest BCUT2D eigenvalue weighted by Crippen LogP contribution is 2.34. The Morgan fingerprint density at radius 1 is 1.35 bits per heavy atom. The summed E-state index contributed by atoms with van der Waals surface area (Å²) in [6.07, 6.45) is 0. The van der Waals surface area contributed by atoms with Crippen molar-refractivity contribution in [3.05, 3.63) is 51.5 Å². The Morgan fingerprint density at radius 3 is 2.55 bits per heavy atom. The molecule has 1 aromatic carbocycles. The van der Waals surface area contributed by atoms with Crippen LogP contribution in [0.2, 0.25) is 0 Å². The molecule has 0 aliphatic rings. The van der Waals surface area contributed by atoms with E-state index in [1.165, 1.54) is 23.5 Å². The van der Waals surface area contributed by atoms with Crippen molar-refractivity contribution in [2.45, 2.75) is 26.4 Å². The van der Waals surface area contributed by atoms with Crippen LogP contribution in [-0.4, -0.2) is 11.1 Å². The van der Waals surface area contributed by atoms with E-state index < -0.39 is 5.97 Å². The molecule has 5 heteroatoms. The number of halogens is 1. The van der Waals surface area contributed by atoms with E-state index >= 15 is 0 Å². The van der Waals surface area contributed by atoms with Gasteiger partial charge in [-0.2, -0.15) is 0 Å². The third-order valence-electron chi connectivity index (χ3n) is 2.79. The number of rotatable bonds is 5. The maximum absolute atomic E-state index is 12.8. The molecule has 0 aliphatic heterocycles. The maximum Gasteiger partial charge on any atom is 0.349 e. The number of ether oxygens (including phenoxy) is 1. The minimum Gasteiger partial charge on any atom is -0.487 e. The number of carboxylic acid groups (broad SMARTS) is 1. The smallest absolute Gasteiger partial charge is 0.349 e. The lowest BCUT2D eigenvalue weighted by atomic mass is 10.2. The van der Waals surface area contributed by atoms with E-state index in [1.54, 1.807) is 18.2 Å². The van der Waals surface area contributed by atoms with Crippen LogP contribution in [0.5, 0.6) is 5.75 Å². The van der Waals surface area contributed by atoms with Gasteiger partial charge in [0.05, 0.1) is 0 Å². The molecule has 0 amide bonds. The molecule has 1 heterocycles. The van der Waals surface area contributed by atoms with Gasteiger partial charge in [-0.05, 0) is 29.7 Å². The lowest BCUT2D eigenvalue weighted by Crippen LogP contribution is -2.00. The molecule has 0 radical (unpaired) electrons. The zero-order chi connectivity index (χ0) is 14.7. The van der Waals surface area contributed by atoms with Crippen LogP contribution in [-0.2, 0) is 6.61 Å². The van der Waals surface area contributed by atoms with Crippen LogP contribution in [0.15, 0.2) is 30.3 Å². The Morgan fingerprint density at radius 2 is 2.00 bits per heavy atom. The van der Waals surface area contributed by atoms with Crippen molar-refractivity contribution in [1.29, 1.82) is 0 Å². The first-order valence-corrected chi connectivity index (χ1v) is 7.03. The molecule has 0 fully saturated rings. The fraction of sp³-hybridized carbons (Fsp3) is 0.267. The molecule has 106 valence electrons. The molecule has 2 aromatic rings. The Balaban J connectivity index is 2.15. The fourth-order valence-corrected chi connectivity index (χ4v) is 2.62. The van der Waals surface area contributed by atoms with E-state index in [9.17, 15) is 14.3 Å². The van der Waals surface area contributed by atoms with Gasteiger partial charge in [-0.3, -0.25) is 0 Å². The van der Waals surface area contributed by atoms with Crippen molar-refractivity contribution in [3.63, 3.8) is 0 Å². The first-order chi connectivity index (χ1) is 9.47. The van der Waals surface area contributed by atoms with Crippen LogP contribution in [0.1, 0.15) is 39.9 Å². The van der Waals surface area contributed by atoms with Gasteiger partial charge in [-0.1, -0.05) is 26.0 Å². The molecule has 0 spiro atoms. The highest BCUT2D eigenvalue weighted by atomic mass is 32.1. The molecule has 0 saturated heterocycles. The lowest BCUT2D eigenvalue weighted by Gasteiger charge is -2.05. The van der Waals surface area contributed by atoms with E-state index in [0.29, 0.717) is 5.75 Å². The summed E-state index contributed by atoms with van der Waals surface area (Å²) in [6.45, 7) is 4.22. The largest absolute Gasteiger partial charge is 0.487 e. The zero-order valence-corrected chi connectivity index (χ0v) is 12.0. The number of thiophene rings is 1. The predicted octanol–water partition coefficient (Wildman–Crippen LogP) is 4.29. The number of hydrogen-bond acceptors (Lipinski definition) is 3. The first-order valence-electron chi connectivity index (χ1n) is 6.21. The fourth-order valence-electron chi connectivity index (χ4n) is 1.67. The average molecular weight is 294 g/mol. The van der Waals surface area contributed by atoms with Crippen molar-refractivity contribution in [2.75, 3.05) is 0 Å². The minimum atomic E-state index is -0.990. The number of carbonyl (C=O) groups is 1. The van der Waals surface area contributed by atoms with Crippen LogP contribution in [0, 0.1) is 5.82 Å². The molecule has 0 aliphatic carbocycles. The summed E-state index contributed by atoms with van der Waals surface area (Å²) >= 11 is 1.23. The van der Waals surface area contributed by atoms with E-state index in [0.717, 1.165) is 10.4 Å². The van der Waals surface area contributed by atoms with Gasteiger partial charge < -0.3 is 9.84 Å². The molecule has 0 saturated carbocycles. The molecule has 1 aromatic heterocycles. The van der Waals surface area contributed by atoms with Gasteiger partial charge in [0.25, 0.3) is 0 Å². The number of benzene rings is 1. The Bertz CT molecular complexity index is 602. The van der Waals surface area contributed by atoms with Crippen LogP contribution in [0.25, 0.3) is 0 Å². The van der Waals surface area contributed by atoms with Gasteiger partial charge in [0.15, 0.2) is 4.88 Å². The summed E-state index contributed by atoms with van der Waals surface area (Å²) in [5, 5.41) is 9.18.